The molecule has 296 valence electrons. The molecule has 3 atom stereocenters. The van der Waals surface area contributed by atoms with E-state index in [-0.39, 0.29) is 54.5 Å². The van der Waals surface area contributed by atoms with E-state index in [0.717, 1.165) is 18.4 Å². The van der Waals surface area contributed by atoms with E-state index in [1.165, 1.54) is 10.9 Å². The molecule has 5 aromatic rings. The van der Waals surface area contributed by atoms with Crippen LogP contribution in [0.3, 0.4) is 0 Å². The number of sulfonamides is 1. The number of hydrogen-bond acceptors (Lipinski definition) is 9. The Morgan fingerprint density at radius 3 is 2.43 bits per heavy atom. The van der Waals surface area contributed by atoms with Crippen molar-refractivity contribution in [1.82, 2.24) is 34.8 Å². The maximum absolute atomic E-state index is 15.4. The second-order valence-corrected chi connectivity index (χ2v) is 16.6. The van der Waals surface area contributed by atoms with Gasteiger partial charge in [0, 0.05) is 47.3 Å². The van der Waals surface area contributed by atoms with Crippen molar-refractivity contribution in [3.05, 3.63) is 82.4 Å². The number of β-amino-alcohol motifs (C(OH)–C–C–N with tert-alkyl or cyclic N) is 1. The molecular formula is C35H32F7N9O4S. The topological polar surface area (TPSA) is 160 Å². The van der Waals surface area contributed by atoms with Crippen LogP contribution < -0.4 is 14.9 Å². The average molecular weight is 808 g/mol. The standard InChI is InChI=1S/C35H32F7N9O4S/c1-33(53)14-50(15-33)32-43-12-22(19-5-4-6-20-28(19)49(2)47-31(20)48-56(3,54)55)27(45-32)24(9-16-7-17(36)10-18(37)8-16)44-25(52)13-51-30-26(29(46-51)35(40,41)42)21-11-23(21)34(30,38)39/h4-8,10,12,21,23-24,53H,9,11,13-15H2,1-3H3,(H,44,52)(H,47,48)/t21-,23+,24-/m0/s1. The molecule has 0 radical (unpaired) electrons. The second kappa shape index (κ2) is 12.6. The summed E-state index contributed by atoms with van der Waals surface area (Å²) in [7, 11) is -2.23. The molecule has 0 spiro atoms. The fourth-order valence-electron chi connectivity index (χ4n) is 7.88. The molecule has 3 aromatic heterocycles. The average Bonchev–Trinajstić information content (AvgIpc) is 3.61. The zero-order valence-corrected chi connectivity index (χ0v) is 30.5. The summed E-state index contributed by atoms with van der Waals surface area (Å²) in [4.78, 5) is 24.7. The van der Waals surface area contributed by atoms with Gasteiger partial charge in [-0.1, -0.05) is 12.1 Å². The Hall–Kier alpha value is -5.31. The number of nitrogens with one attached hydrogen (secondary N) is 2. The highest BCUT2D eigenvalue weighted by Gasteiger charge is 2.68. The van der Waals surface area contributed by atoms with Gasteiger partial charge in [-0.2, -0.15) is 32.1 Å². The van der Waals surface area contributed by atoms with Gasteiger partial charge in [-0.05, 0) is 49.4 Å². The summed E-state index contributed by atoms with van der Waals surface area (Å²) in [5.41, 5.74) is -3.19. The van der Waals surface area contributed by atoms with E-state index in [1.54, 1.807) is 37.1 Å². The van der Waals surface area contributed by atoms with Crippen molar-refractivity contribution >= 4 is 38.6 Å². The number of nitrogens with zero attached hydrogens (tertiary/aromatic N) is 7. The second-order valence-electron chi connectivity index (χ2n) is 14.8. The molecule has 2 aromatic carbocycles. The Bertz CT molecular complexity index is 2530. The first-order chi connectivity index (χ1) is 26.1. The molecule has 8 rings (SSSR count). The monoisotopic (exact) mass is 807 g/mol. The van der Waals surface area contributed by atoms with Gasteiger partial charge < -0.3 is 15.3 Å². The maximum atomic E-state index is 15.4. The van der Waals surface area contributed by atoms with Crippen molar-refractivity contribution in [2.75, 3.05) is 29.0 Å². The largest absolute Gasteiger partial charge is 0.435 e. The molecule has 3 aliphatic rings. The Morgan fingerprint density at radius 2 is 1.79 bits per heavy atom. The molecule has 13 nitrogen and oxygen atoms in total. The van der Waals surface area contributed by atoms with Crippen LogP contribution in [0.1, 0.15) is 53.5 Å². The number of halogens is 7. The van der Waals surface area contributed by atoms with Crippen molar-refractivity contribution < 1.29 is 49.1 Å². The minimum absolute atomic E-state index is 0.00624. The number of para-hydroxylation sites is 1. The van der Waals surface area contributed by atoms with E-state index in [9.17, 15) is 40.3 Å². The number of fused-ring (bicyclic) bond motifs is 4. The van der Waals surface area contributed by atoms with Crippen LogP contribution in [0.15, 0.2) is 42.6 Å². The van der Waals surface area contributed by atoms with Crippen molar-refractivity contribution in [3.63, 3.8) is 0 Å². The number of aliphatic hydroxyl groups is 1. The maximum Gasteiger partial charge on any atom is 0.435 e. The van der Waals surface area contributed by atoms with Crippen molar-refractivity contribution in [2.24, 2.45) is 13.0 Å². The number of alkyl halides is 5. The van der Waals surface area contributed by atoms with E-state index in [1.807, 2.05) is 0 Å². The minimum Gasteiger partial charge on any atom is -0.386 e. The van der Waals surface area contributed by atoms with Gasteiger partial charge in [0.2, 0.25) is 21.9 Å². The molecule has 0 bridgehead atoms. The number of benzene rings is 2. The van der Waals surface area contributed by atoms with Gasteiger partial charge in [0.1, 0.15) is 23.9 Å². The lowest BCUT2D eigenvalue weighted by Crippen LogP contribution is -2.60. The SMILES string of the molecule is Cn1nc(NS(C)(=O)=O)c2cccc(-c3cnc(N4CC(C)(O)C4)nc3[C@H](Cc3cc(F)cc(F)c3)NC(=O)Cn3nc(C(F)(F)F)c4c3C(F)(F)[C@@H]3C[C@H]43)c21. The van der Waals surface area contributed by atoms with Crippen LogP contribution >= 0.6 is 0 Å². The van der Waals surface area contributed by atoms with Gasteiger partial charge in [-0.3, -0.25) is 18.9 Å². The quantitative estimate of drug-likeness (QED) is 0.169. The molecule has 1 saturated heterocycles. The molecule has 2 aliphatic carbocycles. The summed E-state index contributed by atoms with van der Waals surface area (Å²) >= 11 is 0. The molecule has 4 heterocycles. The Kier molecular flexibility index (Phi) is 8.46. The normalized spacial score (nSPS) is 20.0. The Labute approximate surface area is 313 Å². The van der Waals surface area contributed by atoms with Crippen LogP contribution in [0.4, 0.5) is 42.5 Å². The fourth-order valence-corrected chi connectivity index (χ4v) is 8.38. The lowest BCUT2D eigenvalue weighted by atomic mass is 9.94. The van der Waals surface area contributed by atoms with E-state index >= 15 is 8.78 Å². The molecule has 3 N–H and O–H groups in total. The summed E-state index contributed by atoms with van der Waals surface area (Å²) < 4.78 is 130. The van der Waals surface area contributed by atoms with Crippen LogP contribution in [0.25, 0.3) is 22.0 Å². The van der Waals surface area contributed by atoms with E-state index in [4.69, 9.17) is 4.98 Å². The number of carbonyl (C=O) groups is 1. The van der Waals surface area contributed by atoms with Crippen LogP contribution in [-0.2, 0) is 46.9 Å². The van der Waals surface area contributed by atoms with Crippen molar-refractivity contribution in [2.45, 2.75) is 56.0 Å². The van der Waals surface area contributed by atoms with E-state index in [0.29, 0.717) is 27.2 Å². The van der Waals surface area contributed by atoms with Gasteiger partial charge in [0.25, 0.3) is 5.92 Å². The highest BCUT2D eigenvalue weighted by Crippen LogP contribution is 2.68. The number of anilines is 2. The first-order valence-electron chi connectivity index (χ1n) is 17.2. The molecular weight excluding hydrogens is 775 g/mol. The number of hydrogen-bond donors (Lipinski definition) is 3. The van der Waals surface area contributed by atoms with Crippen LogP contribution in [0, 0.1) is 17.6 Å². The number of aromatic nitrogens is 6. The van der Waals surface area contributed by atoms with E-state index < -0.39 is 86.6 Å². The molecule has 2 fully saturated rings. The fraction of sp³-hybridized carbons (Fsp3) is 0.400. The minimum atomic E-state index is -5.07. The Balaban J connectivity index is 1.25. The molecule has 0 unspecified atom stereocenters. The summed E-state index contributed by atoms with van der Waals surface area (Å²) in [6.07, 6.45) is -3.24. The third-order valence-corrected chi connectivity index (χ3v) is 10.7. The molecule has 1 amide bonds. The number of aryl methyl sites for hydroxylation is 1. The van der Waals surface area contributed by atoms with Gasteiger partial charge >= 0.3 is 6.18 Å². The number of rotatable bonds is 10. The third kappa shape index (κ3) is 6.69. The molecule has 21 heteroatoms. The predicted molar refractivity (Wildman–Crippen MR) is 186 cm³/mol. The number of carbonyl (C=O) groups excluding carboxylic acids is 1. The summed E-state index contributed by atoms with van der Waals surface area (Å²) in [6, 6.07) is 6.11. The number of amides is 1. The van der Waals surface area contributed by atoms with Gasteiger partial charge in [0.05, 0.1) is 42.2 Å². The van der Waals surface area contributed by atoms with Gasteiger partial charge in [-0.25, -0.2) is 27.2 Å². The van der Waals surface area contributed by atoms with Crippen molar-refractivity contribution in [1.29, 1.82) is 0 Å². The lowest BCUT2D eigenvalue weighted by Gasteiger charge is -2.44. The first-order valence-corrected chi connectivity index (χ1v) is 19.1. The molecule has 1 saturated carbocycles. The van der Waals surface area contributed by atoms with Crippen LogP contribution in [0.2, 0.25) is 0 Å². The summed E-state index contributed by atoms with van der Waals surface area (Å²) in [5, 5.41) is 21.2. The third-order valence-electron chi connectivity index (χ3n) is 10.1. The molecule has 56 heavy (non-hydrogen) atoms. The highest BCUT2D eigenvalue weighted by atomic mass is 32.2. The van der Waals surface area contributed by atoms with Crippen molar-refractivity contribution in [3.8, 4) is 11.1 Å². The zero-order chi connectivity index (χ0) is 40.3. The first kappa shape index (κ1) is 37.6. The Morgan fingerprint density at radius 1 is 1.09 bits per heavy atom. The highest BCUT2D eigenvalue weighted by molar-refractivity contribution is 7.92. The van der Waals surface area contributed by atoms with E-state index in [2.05, 4.69) is 25.2 Å². The van der Waals surface area contributed by atoms with Crippen LogP contribution in [0.5, 0.6) is 0 Å². The zero-order valence-electron chi connectivity index (χ0n) is 29.7. The predicted octanol–water partition coefficient (Wildman–Crippen LogP) is 4.78. The summed E-state index contributed by atoms with van der Waals surface area (Å²) in [5.74, 6) is -8.95. The summed E-state index contributed by atoms with van der Waals surface area (Å²) in [6.45, 7) is 0.742. The smallest absolute Gasteiger partial charge is 0.386 e. The van der Waals surface area contributed by atoms with Gasteiger partial charge in [0.15, 0.2) is 11.5 Å². The van der Waals surface area contributed by atoms with Gasteiger partial charge in [-0.15, -0.1) is 0 Å². The lowest BCUT2D eigenvalue weighted by molar-refractivity contribution is -0.142. The van der Waals surface area contributed by atoms with Crippen LogP contribution in [-0.4, -0.2) is 73.9 Å². The molecule has 1 aliphatic heterocycles.